The Morgan fingerprint density at radius 3 is 2.67 bits per heavy atom. The van der Waals surface area contributed by atoms with Crippen molar-refractivity contribution in [2.45, 2.75) is 18.9 Å². The van der Waals surface area contributed by atoms with Gasteiger partial charge < -0.3 is 5.11 Å². The molecule has 0 spiro atoms. The number of hydrogen-bond donors (Lipinski definition) is 2. The first-order valence-electron chi connectivity index (χ1n) is 2.95. The van der Waals surface area contributed by atoms with Crippen LogP contribution in [0.4, 0.5) is 0 Å². The van der Waals surface area contributed by atoms with Crippen LogP contribution in [-0.2, 0) is 0 Å². The van der Waals surface area contributed by atoms with Gasteiger partial charge in [0.1, 0.15) is 0 Å². The highest BCUT2D eigenvalue weighted by Crippen LogP contribution is 2.23. The van der Waals surface area contributed by atoms with E-state index < -0.39 is 5.54 Å². The van der Waals surface area contributed by atoms with Gasteiger partial charge in [-0.15, -0.1) is 0 Å². The second-order valence-electron chi connectivity index (χ2n) is 2.59. The predicted octanol–water partition coefficient (Wildman–Crippen LogP) is 0.346. The first-order chi connectivity index (χ1) is 4.19. The van der Waals surface area contributed by atoms with Crippen molar-refractivity contribution in [2.75, 3.05) is 6.61 Å². The van der Waals surface area contributed by atoms with Crippen molar-refractivity contribution < 1.29 is 10.3 Å². The van der Waals surface area contributed by atoms with E-state index in [9.17, 15) is 0 Å². The molecule has 1 heterocycles. The highest BCUT2D eigenvalue weighted by Gasteiger charge is 2.30. The molecular formula is C6H11NO2. The van der Waals surface area contributed by atoms with Gasteiger partial charge in [-0.05, 0) is 13.3 Å². The predicted molar refractivity (Wildman–Crippen MR) is 32.9 cm³/mol. The molecule has 1 aliphatic heterocycles. The summed E-state index contributed by atoms with van der Waals surface area (Å²) in [6, 6.07) is 0. The van der Waals surface area contributed by atoms with E-state index in [0.717, 1.165) is 5.06 Å². The van der Waals surface area contributed by atoms with E-state index in [-0.39, 0.29) is 6.61 Å². The van der Waals surface area contributed by atoms with Crippen molar-refractivity contribution in [2.24, 2.45) is 0 Å². The van der Waals surface area contributed by atoms with Crippen molar-refractivity contribution in [3.05, 3.63) is 12.3 Å². The quantitative estimate of drug-likeness (QED) is 0.536. The first kappa shape index (κ1) is 6.58. The lowest BCUT2D eigenvalue weighted by atomic mass is 10.0. The van der Waals surface area contributed by atoms with Crippen molar-refractivity contribution in [3.63, 3.8) is 0 Å². The molecule has 3 nitrogen and oxygen atoms in total. The largest absolute Gasteiger partial charge is 0.394 e. The second-order valence-corrected chi connectivity index (χ2v) is 2.59. The van der Waals surface area contributed by atoms with E-state index >= 15 is 0 Å². The molecule has 0 saturated heterocycles. The molecule has 0 radical (unpaired) electrons. The molecule has 1 atom stereocenters. The molecule has 0 bridgehead atoms. The number of nitrogens with zero attached hydrogens (tertiary/aromatic N) is 1. The fraction of sp³-hybridized carbons (Fsp3) is 0.667. The number of hydroxylamine groups is 2. The van der Waals surface area contributed by atoms with Crippen molar-refractivity contribution in [1.82, 2.24) is 5.06 Å². The molecule has 0 aromatic heterocycles. The Bertz CT molecular complexity index is 135. The van der Waals surface area contributed by atoms with Crippen molar-refractivity contribution >= 4 is 0 Å². The number of aliphatic hydroxyl groups excluding tert-OH is 1. The number of rotatable bonds is 1. The molecule has 0 aromatic rings. The summed E-state index contributed by atoms with van der Waals surface area (Å²) in [6.45, 7) is 1.78. The minimum Gasteiger partial charge on any atom is -0.394 e. The van der Waals surface area contributed by atoms with Gasteiger partial charge in [-0.1, -0.05) is 6.08 Å². The Morgan fingerprint density at radius 1 is 1.78 bits per heavy atom. The zero-order chi connectivity index (χ0) is 6.91. The Labute approximate surface area is 54.2 Å². The van der Waals surface area contributed by atoms with Crippen LogP contribution in [-0.4, -0.2) is 27.5 Å². The van der Waals surface area contributed by atoms with Crippen LogP contribution in [0, 0.1) is 0 Å². The van der Waals surface area contributed by atoms with Gasteiger partial charge in [-0.25, -0.2) is 0 Å². The molecule has 1 rings (SSSR count). The molecule has 1 aliphatic rings. The normalized spacial score (nSPS) is 33.9. The third-order valence-corrected chi connectivity index (χ3v) is 1.70. The summed E-state index contributed by atoms with van der Waals surface area (Å²) in [5.74, 6) is 0. The summed E-state index contributed by atoms with van der Waals surface area (Å²) in [5.41, 5.74) is -0.472. The topological polar surface area (TPSA) is 43.7 Å². The van der Waals surface area contributed by atoms with Crippen LogP contribution in [0.2, 0.25) is 0 Å². The van der Waals surface area contributed by atoms with E-state index in [2.05, 4.69) is 0 Å². The van der Waals surface area contributed by atoms with E-state index in [4.69, 9.17) is 10.3 Å². The average molecular weight is 129 g/mol. The van der Waals surface area contributed by atoms with Gasteiger partial charge in [0.25, 0.3) is 0 Å². The Kier molecular flexibility index (Phi) is 1.47. The SMILES string of the molecule is CC1(CO)CC=CN1O. The van der Waals surface area contributed by atoms with E-state index in [1.807, 2.05) is 6.08 Å². The van der Waals surface area contributed by atoms with Crippen LogP contribution in [0.15, 0.2) is 12.3 Å². The van der Waals surface area contributed by atoms with Crippen LogP contribution >= 0.6 is 0 Å². The first-order valence-corrected chi connectivity index (χ1v) is 2.95. The third-order valence-electron chi connectivity index (χ3n) is 1.70. The lowest BCUT2D eigenvalue weighted by Gasteiger charge is -2.28. The fourth-order valence-corrected chi connectivity index (χ4v) is 0.817. The van der Waals surface area contributed by atoms with Crippen LogP contribution in [0.3, 0.4) is 0 Å². The van der Waals surface area contributed by atoms with E-state index in [1.165, 1.54) is 0 Å². The number of aliphatic hydroxyl groups is 1. The Morgan fingerprint density at radius 2 is 2.44 bits per heavy atom. The molecule has 0 saturated carbocycles. The molecule has 52 valence electrons. The maximum Gasteiger partial charge on any atom is 0.0900 e. The third kappa shape index (κ3) is 0.930. The van der Waals surface area contributed by atoms with Crippen molar-refractivity contribution in [3.8, 4) is 0 Å². The van der Waals surface area contributed by atoms with Gasteiger partial charge in [-0.3, -0.25) is 10.3 Å². The summed E-state index contributed by atoms with van der Waals surface area (Å²) in [7, 11) is 0. The fourth-order valence-electron chi connectivity index (χ4n) is 0.817. The standard InChI is InChI=1S/C6H11NO2/c1-6(5-8)3-2-4-7(6)9/h2,4,8-9H,3,5H2,1H3. The summed E-state index contributed by atoms with van der Waals surface area (Å²) < 4.78 is 0. The summed E-state index contributed by atoms with van der Waals surface area (Å²) in [5, 5.41) is 18.8. The minimum absolute atomic E-state index is 0.0174. The van der Waals surface area contributed by atoms with E-state index in [1.54, 1.807) is 13.1 Å². The second kappa shape index (κ2) is 2.01. The molecule has 9 heavy (non-hydrogen) atoms. The molecule has 0 fully saturated rings. The summed E-state index contributed by atoms with van der Waals surface area (Å²) in [4.78, 5) is 0. The monoisotopic (exact) mass is 129 g/mol. The van der Waals surface area contributed by atoms with Crippen LogP contribution in [0.25, 0.3) is 0 Å². The van der Waals surface area contributed by atoms with Gasteiger partial charge in [-0.2, -0.15) is 0 Å². The summed E-state index contributed by atoms with van der Waals surface area (Å²) in [6.07, 6.45) is 4.10. The Balaban J connectivity index is 2.62. The number of hydrogen-bond acceptors (Lipinski definition) is 3. The van der Waals surface area contributed by atoms with Crippen molar-refractivity contribution in [1.29, 1.82) is 0 Å². The smallest absolute Gasteiger partial charge is 0.0900 e. The Hall–Kier alpha value is -0.540. The minimum atomic E-state index is -0.472. The van der Waals surface area contributed by atoms with Gasteiger partial charge >= 0.3 is 0 Å². The zero-order valence-electron chi connectivity index (χ0n) is 5.41. The maximum atomic E-state index is 9.03. The summed E-state index contributed by atoms with van der Waals surface area (Å²) >= 11 is 0. The van der Waals surface area contributed by atoms with Gasteiger partial charge in [0.05, 0.1) is 12.1 Å². The zero-order valence-corrected chi connectivity index (χ0v) is 5.41. The van der Waals surface area contributed by atoms with Crippen LogP contribution in [0.5, 0.6) is 0 Å². The van der Waals surface area contributed by atoms with Crippen LogP contribution < -0.4 is 0 Å². The molecule has 0 aromatic carbocycles. The molecule has 3 heteroatoms. The molecule has 2 N–H and O–H groups in total. The lowest BCUT2D eigenvalue weighted by molar-refractivity contribution is -0.128. The highest BCUT2D eigenvalue weighted by atomic mass is 16.5. The van der Waals surface area contributed by atoms with Crippen LogP contribution in [0.1, 0.15) is 13.3 Å². The van der Waals surface area contributed by atoms with Gasteiger partial charge in [0.15, 0.2) is 0 Å². The van der Waals surface area contributed by atoms with E-state index in [0.29, 0.717) is 6.42 Å². The lowest BCUT2D eigenvalue weighted by Crippen LogP contribution is -2.40. The molecule has 1 unspecified atom stereocenters. The highest BCUT2D eigenvalue weighted by molar-refractivity contribution is 5.02. The van der Waals surface area contributed by atoms with Gasteiger partial charge in [0.2, 0.25) is 0 Å². The molecule has 0 amide bonds. The molecular weight excluding hydrogens is 118 g/mol. The van der Waals surface area contributed by atoms with Gasteiger partial charge in [0, 0.05) is 6.20 Å². The molecule has 0 aliphatic carbocycles. The average Bonchev–Trinajstić information content (AvgIpc) is 2.15. The maximum absolute atomic E-state index is 9.03.